The smallest absolute Gasteiger partial charge is 0.242 e. The fraction of sp³-hybridized carbons (Fsp3) is 0.429. The Morgan fingerprint density at radius 3 is 2.77 bits per heavy atom. The highest BCUT2D eigenvalue weighted by Gasteiger charge is 2.30. The summed E-state index contributed by atoms with van der Waals surface area (Å²) in [6, 6.07) is 5.22. The fourth-order valence-electron chi connectivity index (χ4n) is 2.47. The van der Waals surface area contributed by atoms with Gasteiger partial charge < -0.3 is 5.73 Å². The monoisotopic (exact) mass is 380 g/mol. The van der Waals surface area contributed by atoms with E-state index in [1.54, 1.807) is 12.1 Å². The Hall–Kier alpha value is -0.370. The van der Waals surface area contributed by atoms with Crippen molar-refractivity contribution in [3.05, 3.63) is 28.1 Å². The van der Waals surface area contributed by atoms with Gasteiger partial charge in [0.25, 0.3) is 0 Å². The summed E-state index contributed by atoms with van der Waals surface area (Å²) in [4.78, 5) is 1.09. The second-order valence-corrected chi connectivity index (χ2v) is 8.88. The standard InChI is InChI=1S/C14H17ClN2O2S2.ClH/c1-8-14(11-6-10(15)4-5-13(11)20-8)21(18,19)17-7-12(16)9-2-3-9;/h4-6,9,12,17H,2-3,7,16H2,1H3;1H. The van der Waals surface area contributed by atoms with Crippen molar-refractivity contribution in [2.24, 2.45) is 11.7 Å². The van der Waals surface area contributed by atoms with E-state index < -0.39 is 10.0 Å². The molecule has 1 heterocycles. The molecule has 4 nitrogen and oxygen atoms in total. The maximum Gasteiger partial charge on any atom is 0.242 e. The highest BCUT2D eigenvalue weighted by atomic mass is 35.5. The maximum atomic E-state index is 12.6. The molecule has 0 bridgehead atoms. The van der Waals surface area contributed by atoms with Crippen molar-refractivity contribution in [1.82, 2.24) is 4.72 Å². The second-order valence-electron chi connectivity index (χ2n) is 5.48. The number of fused-ring (bicyclic) bond motifs is 1. The van der Waals surface area contributed by atoms with Crippen molar-refractivity contribution in [3.63, 3.8) is 0 Å². The van der Waals surface area contributed by atoms with Gasteiger partial charge in [-0.25, -0.2) is 13.1 Å². The molecule has 8 heteroatoms. The molecule has 0 aliphatic heterocycles. The van der Waals surface area contributed by atoms with Gasteiger partial charge in [-0.2, -0.15) is 0 Å². The topological polar surface area (TPSA) is 72.2 Å². The number of rotatable bonds is 5. The van der Waals surface area contributed by atoms with Crippen LogP contribution in [0.2, 0.25) is 5.02 Å². The van der Waals surface area contributed by atoms with Crippen molar-refractivity contribution < 1.29 is 8.42 Å². The number of benzene rings is 1. The Morgan fingerprint density at radius 2 is 2.14 bits per heavy atom. The first kappa shape index (κ1) is 18.0. The summed E-state index contributed by atoms with van der Waals surface area (Å²) in [6.45, 7) is 2.10. The molecule has 1 saturated carbocycles. The van der Waals surface area contributed by atoms with Gasteiger partial charge in [-0.1, -0.05) is 11.6 Å². The summed E-state index contributed by atoms with van der Waals surface area (Å²) in [5, 5.41) is 1.21. The highest BCUT2D eigenvalue weighted by Crippen LogP contribution is 2.36. The molecule has 122 valence electrons. The molecule has 1 aromatic heterocycles. The molecule has 0 saturated heterocycles. The van der Waals surface area contributed by atoms with Crippen LogP contribution >= 0.6 is 35.3 Å². The summed E-state index contributed by atoms with van der Waals surface area (Å²) < 4.78 is 28.7. The number of halogens is 2. The minimum absolute atomic E-state index is 0. The maximum absolute atomic E-state index is 12.6. The van der Waals surface area contributed by atoms with Crippen molar-refractivity contribution in [1.29, 1.82) is 0 Å². The molecule has 1 fully saturated rings. The van der Waals surface area contributed by atoms with Crippen molar-refractivity contribution in [2.75, 3.05) is 6.54 Å². The lowest BCUT2D eigenvalue weighted by Gasteiger charge is -2.12. The quantitative estimate of drug-likeness (QED) is 0.835. The molecule has 0 radical (unpaired) electrons. The van der Waals surface area contributed by atoms with Gasteiger partial charge in [-0.3, -0.25) is 0 Å². The minimum atomic E-state index is -3.57. The first-order chi connectivity index (χ1) is 9.88. The van der Waals surface area contributed by atoms with Crippen LogP contribution in [0.4, 0.5) is 0 Å². The molecule has 1 unspecified atom stereocenters. The molecule has 1 atom stereocenters. The first-order valence-electron chi connectivity index (χ1n) is 6.82. The van der Waals surface area contributed by atoms with E-state index >= 15 is 0 Å². The Balaban J connectivity index is 0.00000176. The summed E-state index contributed by atoms with van der Waals surface area (Å²) in [5.74, 6) is 0.461. The van der Waals surface area contributed by atoms with E-state index in [0.717, 1.165) is 22.4 Å². The molecule has 0 spiro atoms. The van der Waals surface area contributed by atoms with Gasteiger partial charge in [-0.15, -0.1) is 23.7 Å². The van der Waals surface area contributed by atoms with Crippen LogP contribution in [-0.2, 0) is 10.0 Å². The zero-order valence-corrected chi connectivity index (χ0v) is 15.2. The van der Waals surface area contributed by atoms with E-state index in [-0.39, 0.29) is 25.0 Å². The Labute approximate surface area is 145 Å². The number of sulfonamides is 1. The lowest BCUT2D eigenvalue weighted by molar-refractivity contribution is 0.548. The van der Waals surface area contributed by atoms with Crippen LogP contribution in [0.3, 0.4) is 0 Å². The molecular formula is C14H18Cl2N2O2S2. The van der Waals surface area contributed by atoms with Gasteiger partial charge >= 0.3 is 0 Å². The number of aryl methyl sites for hydroxylation is 1. The van der Waals surface area contributed by atoms with E-state index in [1.165, 1.54) is 11.3 Å². The predicted molar refractivity (Wildman–Crippen MR) is 94.7 cm³/mol. The van der Waals surface area contributed by atoms with E-state index in [1.807, 2.05) is 13.0 Å². The van der Waals surface area contributed by atoms with E-state index in [2.05, 4.69) is 4.72 Å². The van der Waals surface area contributed by atoms with Gasteiger partial charge in [0.05, 0.1) is 0 Å². The summed E-state index contributed by atoms with van der Waals surface area (Å²) >= 11 is 7.45. The molecule has 1 aromatic carbocycles. The van der Waals surface area contributed by atoms with Crippen molar-refractivity contribution >= 4 is 55.5 Å². The second kappa shape index (κ2) is 6.63. The predicted octanol–water partition coefficient (Wildman–Crippen LogP) is 3.30. The highest BCUT2D eigenvalue weighted by molar-refractivity contribution is 7.90. The molecule has 3 N–H and O–H groups in total. The number of hydrogen-bond donors (Lipinski definition) is 2. The third-order valence-electron chi connectivity index (χ3n) is 3.77. The Kier molecular flexibility index (Phi) is 5.42. The lowest BCUT2D eigenvalue weighted by Crippen LogP contribution is -2.38. The Bertz CT molecular complexity index is 785. The van der Waals surface area contributed by atoms with Crippen LogP contribution in [0, 0.1) is 12.8 Å². The molecule has 2 aromatic rings. The van der Waals surface area contributed by atoms with Gasteiger partial charge in [0, 0.05) is 32.6 Å². The fourth-order valence-corrected chi connectivity index (χ4v) is 5.50. The van der Waals surface area contributed by atoms with Crippen LogP contribution < -0.4 is 10.5 Å². The van der Waals surface area contributed by atoms with Crippen LogP contribution in [0.5, 0.6) is 0 Å². The number of hydrogen-bond acceptors (Lipinski definition) is 4. The molecule has 22 heavy (non-hydrogen) atoms. The number of thiophene rings is 1. The van der Waals surface area contributed by atoms with Gasteiger partial charge in [0.2, 0.25) is 10.0 Å². The summed E-state index contributed by atoms with van der Waals surface area (Å²) in [6.07, 6.45) is 2.19. The summed E-state index contributed by atoms with van der Waals surface area (Å²) in [7, 11) is -3.57. The molecule has 1 aliphatic carbocycles. The third-order valence-corrected chi connectivity index (χ3v) is 6.84. The van der Waals surface area contributed by atoms with E-state index in [4.69, 9.17) is 17.3 Å². The Morgan fingerprint density at radius 1 is 1.45 bits per heavy atom. The zero-order chi connectivity index (χ0) is 15.2. The van der Waals surface area contributed by atoms with Crippen LogP contribution in [0.1, 0.15) is 17.7 Å². The SMILES string of the molecule is Cc1sc2ccc(Cl)cc2c1S(=O)(=O)NCC(N)C1CC1.Cl. The number of nitrogens with one attached hydrogen (secondary N) is 1. The van der Waals surface area contributed by atoms with Crippen molar-refractivity contribution in [2.45, 2.75) is 30.7 Å². The van der Waals surface area contributed by atoms with Crippen molar-refractivity contribution in [3.8, 4) is 0 Å². The van der Waals surface area contributed by atoms with Gasteiger partial charge in [0.15, 0.2) is 0 Å². The molecule has 3 rings (SSSR count). The number of nitrogens with two attached hydrogens (primary N) is 1. The summed E-state index contributed by atoms with van der Waals surface area (Å²) in [5.41, 5.74) is 5.97. The van der Waals surface area contributed by atoms with Gasteiger partial charge in [-0.05, 0) is 43.9 Å². The average molecular weight is 381 g/mol. The normalized spacial score (nSPS) is 16.5. The van der Waals surface area contributed by atoms with Crippen LogP contribution in [0.15, 0.2) is 23.1 Å². The van der Waals surface area contributed by atoms with E-state index in [0.29, 0.717) is 21.2 Å². The first-order valence-corrected chi connectivity index (χ1v) is 9.50. The largest absolute Gasteiger partial charge is 0.326 e. The molecule has 1 aliphatic rings. The van der Waals surface area contributed by atoms with E-state index in [9.17, 15) is 8.42 Å². The molecular weight excluding hydrogens is 363 g/mol. The van der Waals surface area contributed by atoms with Crippen LogP contribution in [0.25, 0.3) is 10.1 Å². The van der Waals surface area contributed by atoms with Crippen LogP contribution in [-0.4, -0.2) is 21.0 Å². The zero-order valence-electron chi connectivity index (χ0n) is 12.0. The average Bonchev–Trinajstić information content (AvgIpc) is 3.19. The third kappa shape index (κ3) is 3.58. The lowest BCUT2D eigenvalue weighted by atomic mass is 10.2. The minimum Gasteiger partial charge on any atom is -0.326 e. The molecule has 0 amide bonds. The van der Waals surface area contributed by atoms with Gasteiger partial charge in [0.1, 0.15) is 4.90 Å².